The second-order valence-corrected chi connectivity index (χ2v) is 10.5. The summed E-state index contributed by atoms with van der Waals surface area (Å²) in [6.45, 7) is 3.65. The molecule has 2 saturated carbocycles. The fourth-order valence-electron chi connectivity index (χ4n) is 5.77. The van der Waals surface area contributed by atoms with E-state index < -0.39 is 29.5 Å². The van der Waals surface area contributed by atoms with Crippen molar-refractivity contribution in [3.8, 4) is 5.75 Å². The van der Waals surface area contributed by atoms with E-state index >= 15 is 0 Å². The Morgan fingerprint density at radius 1 is 0.838 bits per heavy atom. The molecule has 0 heterocycles. The van der Waals surface area contributed by atoms with Crippen molar-refractivity contribution in [1.29, 1.82) is 0 Å². The molecule has 0 amide bonds. The molecule has 1 nitrogen and oxygen atoms in total. The van der Waals surface area contributed by atoms with Crippen LogP contribution in [0.15, 0.2) is 61.2 Å². The second kappa shape index (κ2) is 12.3. The van der Waals surface area contributed by atoms with Crippen LogP contribution in [0.3, 0.4) is 0 Å². The number of halogens is 5. The van der Waals surface area contributed by atoms with Crippen LogP contribution in [-0.4, -0.2) is 6.11 Å². The summed E-state index contributed by atoms with van der Waals surface area (Å²) in [4.78, 5) is 0. The lowest BCUT2D eigenvalue weighted by atomic mass is 9.76. The van der Waals surface area contributed by atoms with Gasteiger partial charge < -0.3 is 4.74 Å². The van der Waals surface area contributed by atoms with Crippen LogP contribution in [0.2, 0.25) is 0 Å². The zero-order valence-corrected chi connectivity index (χ0v) is 21.1. The van der Waals surface area contributed by atoms with E-state index in [9.17, 15) is 22.0 Å². The Kier molecular flexibility index (Phi) is 9.09. The van der Waals surface area contributed by atoms with Gasteiger partial charge in [-0.05, 0) is 112 Å². The molecule has 0 aromatic heterocycles. The third kappa shape index (κ3) is 7.24. The highest BCUT2D eigenvalue weighted by Gasteiger charge is 2.43. The fraction of sp³-hybridized carbons (Fsp3) is 0.484. The Bertz CT molecular complexity index is 1060. The molecule has 0 spiro atoms. The molecule has 0 aliphatic heterocycles. The SMILES string of the molecule is C=CCCc1cc(F)c(C2CCC(/C=C/C3CCC(C(F)(F)Oc4cccc(F)c4)CC3)CC2)c(F)c1. The van der Waals surface area contributed by atoms with E-state index in [1.54, 1.807) is 6.08 Å². The van der Waals surface area contributed by atoms with Crippen LogP contribution in [-0.2, 0) is 6.42 Å². The lowest BCUT2D eigenvalue weighted by molar-refractivity contribution is -0.223. The molecule has 2 aromatic rings. The summed E-state index contributed by atoms with van der Waals surface area (Å²) < 4.78 is 76.8. The van der Waals surface area contributed by atoms with Crippen molar-refractivity contribution in [2.75, 3.05) is 0 Å². The Labute approximate surface area is 216 Å². The summed E-state index contributed by atoms with van der Waals surface area (Å²) in [5.74, 6) is -2.12. The Balaban J connectivity index is 1.24. The summed E-state index contributed by atoms with van der Waals surface area (Å²) in [5.41, 5.74) is 0.868. The van der Waals surface area contributed by atoms with E-state index in [1.165, 1.54) is 30.3 Å². The minimum Gasteiger partial charge on any atom is -0.432 e. The number of aryl methyl sites for hydroxylation is 1. The maximum absolute atomic E-state index is 14.7. The van der Waals surface area contributed by atoms with Crippen LogP contribution in [0.5, 0.6) is 5.75 Å². The van der Waals surface area contributed by atoms with Crippen molar-refractivity contribution < 1.29 is 26.7 Å². The smallest absolute Gasteiger partial charge is 0.400 e. The molecule has 2 aliphatic rings. The summed E-state index contributed by atoms with van der Waals surface area (Å²) in [7, 11) is 0. The zero-order chi connectivity index (χ0) is 26.4. The number of ether oxygens (including phenoxy) is 1. The first-order chi connectivity index (χ1) is 17.7. The average molecular weight is 519 g/mol. The first-order valence-electron chi connectivity index (χ1n) is 13.3. The van der Waals surface area contributed by atoms with E-state index in [2.05, 4.69) is 18.7 Å². The van der Waals surface area contributed by atoms with Gasteiger partial charge in [0.15, 0.2) is 0 Å². The maximum Gasteiger partial charge on any atom is 0.400 e. The Hall–Kier alpha value is -2.63. The molecule has 37 heavy (non-hydrogen) atoms. The number of rotatable bonds is 9. The molecule has 0 N–H and O–H groups in total. The van der Waals surface area contributed by atoms with Gasteiger partial charge in [-0.3, -0.25) is 0 Å². The zero-order valence-electron chi connectivity index (χ0n) is 21.1. The lowest BCUT2D eigenvalue weighted by Crippen LogP contribution is -2.37. The fourth-order valence-corrected chi connectivity index (χ4v) is 5.77. The molecule has 0 unspecified atom stereocenters. The highest BCUT2D eigenvalue weighted by Crippen LogP contribution is 2.42. The van der Waals surface area contributed by atoms with E-state index in [1.807, 2.05) is 0 Å². The third-order valence-electron chi connectivity index (χ3n) is 7.91. The number of alkyl halides is 2. The highest BCUT2D eigenvalue weighted by molar-refractivity contribution is 5.30. The van der Waals surface area contributed by atoms with Gasteiger partial charge in [0.25, 0.3) is 0 Å². The predicted molar refractivity (Wildman–Crippen MR) is 136 cm³/mol. The molecule has 2 aromatic carbocycles. The largest absolute Gasteiger partial charge is 0.432 e. The van der Waals surface area contributed by atoms with Crippen LogP contribution in [0.1, 0.15) is 74.8 Å². The van der Waals surface area contributed by atoms with Crippen LogP contribution in [0, 0.1) is 35.2 Å². The van der Waals surface area contributed by atoms with Gasteiger partial charge in [0.2, 0.25) is 0 Å². The molecule has 200 valence electrons. The minimum atomic E-state index is -3.34. The first-order valence-corrected chi connectivity index (χ1v) is 13.3. The molecule has 2 aliphatic carbocycles. The third-order valence-corrected chi connectivity index (χ3v) is 7.91. The normalized spacial score (nSPS) is 24.8. The van der Waals surface area contributed by atoms with Gasteiger partial charge in [0.05, 0.1) is 5.92 Å². The van der Waals surface area contributed by atoms with E-state index in [0.717, 1.165) is 31.7 Å². The topological polar surface area (TPSA) is 9.23 Å². The molecular formula is C31H35F5O. The molecular weight excluding hydrogens is 483 g/mol. The summed E-state index contributed by atoms with van der Waals surface area (Å²) in [5, 5.41) is 0. The molecule has 0 saturated heterocycles. The van der Waals surface area contributed by atoms with E-state index in [4.69, 9.17) is 4.74 Å². The van der Waals surface area contributed by atoms with Crippen molar-refractivity contribution in [2.45, 2.75) is 76.2 Å². The van der Waals surface area contributed by atoms with Crippen molar-refractivity contribution in [2.24, 2.45) is 17.8 Å². The molecule has 6 heteroatoms. The highest BCUT2D eigenvalue weighted by atomic mass is 19.3. The van der Waals surface area contributed by atoms with Gasteiger partial charge >= 0.3 is 6.11 Å². The molecule has 4 rings (SSSR count). The molecule has 0 atom stereocenters. The van der Waals surface area contributed by atoms with Crippen molar-refractivity contribution >= 4 is 0 Å². The van der Waals surface area contributed by atoms with Crippen molar-refractivity contribution in [3.05, 3.63) is 89.8 Å². The Morgan fingerprint density at radius 3 is 2.00 bits per heavy atom. The number of benzene rings is 2. The predicted octanol–water partition coefficient (Wildman–Crippen LogP) is 9.53. The number of allylic oxidation sites excluding steroid dienone is 3. The van der Waals surface area contributed by atoms with Gasteiger partial charge in [-0.2, -0.15) is 8.78 Å². The van der Waals surface area contributed by atoms with Gasteiger partial charge in [-0.15, -0.1) is 6.58 Å². The summed E-state index contributed by atoms with van der Waals surface area (Å²) >= 11 is 0. The van der Waals surface area contributed by atoms with Crippen molar-refractivity contribution in [1.82, 2.24) is 0 Å². The minimum absolute atomic E-state index is 0.117. The first kappa shape index (κ1) is 27.4. The van der Waals surface area contributed by atoms with Gasteiger partial charge in [-0.1, -0.05) is 24.3 Å². The van der Waals surface area contributed by atoms with Crippen LogP contribution in [0.25, 0.3) is 0 Å². The van der Waals surface area contributed by atoms with Crippen LogP contribution in [0.4, 0.5) is 22.0 Å². The van der Waals surface area contributed by atoms with Gasteiger partial charge in [0, 0.05) is 11.6 Å². The van der Waals surface area contributed by atoms with Crippen LogP contribution < -0.4 is 4.74 Å². The van der Waals surface area contributed by atoms with Gasteiger partial charge in [0.1, 0.15) is 23.2 Å². The monoisotopic (exact) mass is 518 g/mol. The summed E-state index contributed by atoms with van der Waals surface area (Å²) in [6, 6.07) is 7.76. The molecule has 0 radical (unpaired) electrons. The van der Waals surface area contributed by atoms with E-state index in [-0.39, 0.29) is 23.1 Å². The second-order valence-electron chi connectivity index (χ2n) is 10.5. The quantitative estimate of drug-likeness (QED) is 0.237. The van der Waals surface area contributed by atoms with Crippen molar-refractivity contribution in [3.63, 3.8) is 0 Å². The van der Waals surface area contributed by atoms with E-state index in [0.29, 0.717) is 50.0 Å². The molecule has 2 fully saturated rings. The number of hydrogen-bond acceptors (Lipinski definition) is 1. The van der Waals surface area contributed by atoms with Crippen LogP contribution >= 0.6 is 0 Å². The molecule has 0 bridgehead atoms. The lowest BCUT2D eigenvalue weighted by Gasteiger charge is -2.32. The Morgan fingerprint density at radius 2 is 1.43 bits per heavy atom. The standard InChI is InChI=1S/C31H35F5O/c1-2-3-5-23-18-28(33)30(29(34)19-23)24-14-10-21(11-15-24)8-9-22-12-16-25(17-13-22)31(35,36)37-27-7-4-6-26(32)20-27/h2,4,6-9,18-22,24-25H,1,3,5,10-17H2/b9-8+. The summed E-state index contributed by atoms with van der Waals surface area (Å²) in [6.07, 6.45) is 9.11. The maximum atomic E-state index is 14.7. The van der Waals surface area contributed by atoms with Gasteiger partial charge in [-0.25, -0.2) is 13.2 Å². The number of hydrogen-bond donors (Lipinski definition) is 0. The average Bonchev–Trinajstić information content (AvgIpc) is 2.86.